The van der Waals surface area contributed by atoms with Crippen molar-refractivity contribution in [3.63, 3.8) is 0 Å². The third-order valence-corrected chi connectivity index (χ3v) is 5.33. The van der Waals surface area contributed by atoms with Crippen LogP contribution in [0.5, 0.6) is 0 Å². The first kappa shape index (κ1) is 16.8. The molecular formula is C18H14ClN3O3S. The number of aromatic nitrogens is 2. The maximum Gasteiger partial charge on any atom is 0.290 e. The van der Waals surface area contributed by atoms with E-state index in [1.807, 2.05) is 12.3 Å². The van der Waals surface area contributed by atoms with Gasteiger partial charge in [0.25, 0.3) is 11.5 Å². The lowest BCUT2D eigenvalue weighted by Crippen LogP contribution is -2.28. The number of nitrogens with one attached hydrogen (secondary N) is 1. The van der Waals surface area contributed by atoms with Crippen LogP contribution in [0.4, 0.5) is 0 Å². The maximum absolute atomic E-state index is 12.8. The zero-order valence-electron chi connectivity index (χ0n) is 14.0. The molecule has 3 heterocycles. The minimum absolute atomic E-state index is 0.164. The lowest BCUT2D eigenvalue weighted by molar-refractivity contribution is 0.0751. The monoisotopic (exact) mass is 387 g/mol. The van der Waals surface area contributed by atoms with E-state index in [1.165, 1.54) is 16.2 Å². The molecule has 1 aromatic carbocycles. The highest BCUT2D eigenvalue weighted by Crippen LogP contribution is 2.28. The second-order valence-corrected chi connectivity index (χ2v) is 7.36. The van der Waals surface area contributed by atoms with Crippen LogP contribution >= 0.6 is 22.9 Å². The van der Waals surface area contributed by atoms with Gasteiger partial charge < -0.3 is 14.3 Å². The second-order valence-electron chi connectivity index (χ2n) is 6.01. The molecule has 0 unspecified atom stereocenters. The number of benzene rings is 1. The molecule has 4 rings (SSSR count). The molecule has 0 spiro atoms. The highest BCUT2D eigenvalue weighted by molar-refractivity contribution is 7.17. The molecule has 0 aliphatic carbocycles. The third-order valence-electron chi connectivity index (χ3n) is 4.19. The predicted molar refractivity (Wildman–Crippen MR) is 102 cm³/mol. The van der Waals surface area contributed by atoms with Gasteiger partial charge in [0.2, 0.25) is 0 Å². The molecule has 3 aromatic heterocycles. The van der Waals surface area contributed by atoms with Crippen molar-refractivity contribution in [2.75, 3.05) is 7.05 Å². The van der Waals surface area contributed by atoms with E-state index in [1.54, 1.807) is 31.3 Å². The van der Waals surface area contributed by atoms with E-state index in [0.717, 1.165) is 10.9 Å². The number of thiophene rings is 1. The van der Waals surface area contributed by atoms with Crippen molar-refractivity contribution in [2.45, 2.75) is 13.5 Å². The summed E-state index contributed by atoms with van der Waals surface area (Å²) in [6, 6.07) is 7.02. The molecule has 0 aliphatic heterocycles. The summed E-state index contributed by atoms with van der Waals surface area (Å²) in [4.78, 5) is 33.5. The number of aromatic amines is 1. The number of carbonyl (C=O) groups is 1. The van der Waals surface area contributed by atoms with Crippen molar-refractivity contribution in [3.8, 4) is 0 Å². The summed E-state index contributed by atoms with van der Waals surface area (Å²) < 4.78 is 6.29. The summed E-state index contributed by atoms with van der Waals surface area (Å²) in [5.41, 5.74) is 1.77. The Morgan fingerprint density at radius 1 is 1.38 bits per heavy atom. The smallest absolute Gasteiger partial charge is 0.290 e. The van der Waals surface area contributed by atoms with Crippen LogP contribution in [-0.2, 0) is 6.54 Å². The van der Waals surface area contributed by atoms with Gasteiger partial charge in [-0.2, -0.15) is 0 Å². The van der Waals surface area contributed by atoms with Crippen molar-refractivity contribution in [3.05, 3.63) is 62.2 Å². The van der Waals surface area contributed by atoms with Gasteiger partial charge in [-0.3, -0.25) is 9.59 Å². The van der Waals surface area contributed by atoms with Gasteiger partial charge in [-0.1, -0.05) is 11.6 Å². The van der Waals surface area contributed by atoms with Gasteiger partial charge in [0.05, 0.1) is 12.1 Å². The van der Waals surface area contributed by atoms with Crippen molar-refractivity contribution in [2.24, 2.45) is 0 Å². The van der Waals surface area contributed by atoms with Crippen LogP contribution < -0.4 is 5.56 Å². The minimum Gasteiger partial charge on any atom is -0.451 e. The van der Waals surface area contributed by atoms with E-state index in [2.05, 4.69) is 9.97 Å². The van der Waals surface area contributed by atoms with Gasteiger partial charge >= 0.3 is 0 Å². The number of nitrogens with zero attached hydrogens (tertiary/aromatic N) is 2. The van der Waals surface area contributed by atoms with E-state index in [0.29, 0.717) is 26.6 Å². The van der Waals surface area contributed by atoms with E-state index in [-0.39, 0.29) is 23.8 Å². The molecule has 0 atom stereocenters. The van der Waals surface area contributed by atoms with E-state index >= 15 is 0 Å². The summed E-state index contributed by atoms with van der Waals surface area (Å²) >= 11 is 7.36. The quantitative estimate of drug-likeness (QED) is 0.577. The Labute approximate surface area is 157 Å². The normalized spacial score (nSPS) is 11.3. The first-order chi connectivity index (χ1) is 12.4. The van der Waals surface area contributed by atoms with Gasteiger partial charge in [-0.15, -0.1) is 11.3 Å². The second kappa shape index (κ2) is 6.26. The molecule has 0 aliphatic rings. The zero-order valence-corrected chi connectivity index (χ0v) is 15.6. The first-order valence-electron chi connectivity index (χ1n) is 7.84. The number of amides is 1. The van der Waals surface area contributed by atoms with Gasteiger partial charge in [-0.05, 0) is 36.6 Å². The largest absolute Gasteiger partial charge is 0.451 e. The zero-order chi connectivity index (χ0) is 18.4. The number of halogens is 1. The fourth-order valence-electron chi connectivity index (χ4n) is 2.86. The average molecular weight is 388 g/mol. The summed E-state index contributed by atoms with van der Waals surface area (Å²) in [5, 5.41) is 3.20. The molecule has 0 bridgehead atoms. The summed E-state index contributed by atoms with van der Waals surface area (Å²) in [5.74, 6) is 0.389. The van der Waals surface area contributed by atoms with E-state index < -0.39 is 0 Å². The van der Waals surface area contributed by atoms with E-state index in [4.69, 9.17) is 16.0 Å². The first-order valence-corrected chi connectivity index (χ1v) is 9.10. The molecule has 132 valence electrons. The van der Waals surface area contributed by atoms with Gasteiger partial charge in [0, 0.05) is 23.0 Å². The molecule has 0 saturated carbocycles. The number of furan rings is 1. The molecular weight excluding hydrogens is 374 g/mol. The molecule has 1 amide bonds. The Hall–Kier alpha value is -2.64. The molecule has 4 aromatic rings. The topological polar surface area (TPSA) is 79.2 Å². The Morgan fingerprint density at radius 2 is 2.19 bits per heavy atom. The molecule has 8 heteroatoms. The molecule has 1 N–H and O–H groups in total. The number of fused-ring (bicyclic) bond motifs is 2. The van der Waals surface area contributed by atoms with Gasteiger partial charge in [0.15, 0.2) is 5.76 Å². The predicted octanol–water partition coefficient (Wildman–Crippen LogP) is 3.96. The Bertz CT molecular complexity index is 1210. The molecule has 26 heavy (non-hydrogen) atoms. The Morgan fingerprint density at radius 3 is 3.00 bits per heavy atom. The lowest BCUT2D eigenvalue weighted by Gasteiger charge is -2.15. The standard InChI is InChI=1S/C18H14ClN3O3S/c1-9-11-7-10(19)3-4-13(11)25-15(9)18(24)22(2)8-14-20-12-5-6-26-16(12)17(23)21-14/h3-7H,8H2,1-2H3,(H,20,21,23). The number of aryl methyl sites for hydroxylation is 1. The highest BCUT2D eigenvalue weighted by Gasteiger charge is 2.22. The minimum atomic E-state index is -0.289. The molecule has 6 nitrogen and oxygen atoms in total. The summed E-state index contributed by atoms with van der Waals surface area (Å²) in [6.07, 6.45) is 0. The van der Waals surface area contributed by atoms with Crippen LogP contribution in [0, 0.1) is 6.92 Å². The van der Waals surface area contributed by atoms with Crippen LogP contribution in [0.15, 0.2) is 38.9 Å². The van der Waals surface area contributed by atoms with Crippen molar-refractivity contribution >= 4 is 50.0 Å². The summed E-state index contributed by atoms with van der Waals surface area (Å²) in [6.45, 7) is 1.98. The van der Waals surface area contributed by atoms with Crippen LogP contribution in [-0.4, -0.2) is 27.8 Å². The SMILES string of the molecule is Cc1c(C(=O)N(C)Cc2nc3ccsc3c(=O)[nH]2)oc2ccc(Cl)cc12. The number of H-pyrrole nitrogens is 1. The number of carbonyl (C=O) groups excluding carboxylic acids is 1. The van der Waals surface area contributed by atoms with Crippen LogP contribution in [0.1, 0.15) is 21.9 Å². The average Bonchev–Trinajstić information content (AvgIpc) is 3.20. The molecule has 0 fully saturated rings. The third kappa shape index (κ3) is 2.79. The van der Waals surface area contributed by atoms with Crippen LogP contribution in [0.25, 0.3) is 21.2 Å². The Kier molecular flexibility index (Phi) is 4.05. The fourth-order valence-corrected chi connectivity index (χ4v) is 3.76. The number of hydrogen-bond acceptors (Lipinski definition) is 5. The molecule has 0 saturated heterocycles. The number of hydrogen-bond donors (Lipinski definition) is 1. The number of rotatable bonds is 3. The molecule has 0 radical (unpaired) electrons. The van der Waals surface area contributed by atoms with Gasteiger partial charge in [-0.25, -0.2) is 4.98 Å². The summed E-state index contributed by atoms with van der Waals surface area (Å²) in [7, 11) is 1.64. The van der Waals surface area contributed by atoms with Crippen molar-refractivity contribution < 1.29 is 9.21 Å². The Balaban J connectivity index is 1.65. The van der Waals surface area contributed by atoms with Crippen molar-refractivity contribution in [1.82, 2.24) is 14.9 Å². The van der Waals surface area contributed by atoms with Crippen LogP contribution in [0.3, 0.4) is 0 Å². The van der Waals surface area contributed by atoms with E-state index in [9.17, 15) is 9.59 Å². The van der Waals surface area contributed by atoms with Gasteiger partial charge in [0.1, 0.15) is 16.1 Å². The maximum atomic E-state index is 12.8. The highest BCUT2D eigenvalue weighted by atomic mass is 35.5. The van der Waals surface area contributed by atoms with Crippen LogP contribution in [0.2, 0.25) is 5.02 Å². The van der Waals surface area contributed by atoms with Crippen molar-refractivity contribution in [1.29, 1.82) is 0 Å². The fraction of sp³-hybridized carbons (Fsp3) is 0.167. The lowest BCUT2D eigenvalue weighted by atomic mass is 10.1.